The van der Waals surface area contributed by atoms with Gasteiger partial charge in [-0.2, -0.15) is 0 Å². The molecule has 0 unspecified atom stereocenters. The molecule has 0 bridgehead atoms. The van der Waals surface area contributed by atoms with Gasteiger partial charge in [0.15, 0.2) is 0 Å². The third-order valence-electron chi connectivity index (χ3n) is 3.36. The summed E-state index contributed by atoms with van der Waals surface area (Å²) >= 11 is 3.68. The van der Waals surface area contributed by atoms with Crippen molar-refractivity contribution in [3.05, 3.63) is 21.2 Å². The van der Waals surface area contributed by atoms with E-state index in [0.29, 0.717) is 0 Å². The summed E-state index contributed by atoms with van der Waals surface area (Å²) in [6.07, 6.45) is 0. The zero-order chi connectivity index (χ0) is 15.0. The standard InChI is InChI=1S/C15H25BrN2O/c1-9-10(2)14(19-7)13(11(3)12(9)16)18(6)8-15(4,5)17/h8,17H2,1-7H3. The number of anilines is 1. The molecule has 0 saturated heterocycles. The van der Waals surface area contributed by atoms with Gasteiger partial charge in [0.2, 0.25) is 0 Å². The van der Waals surface area contributed by atoms with Gasteiger partial charge in [0.1, 0.15) is 5.75 Å². The van der Waals surface area contributed by atoms with E-state index in [1.54, 1.807) is 7.11 Å². The van der Waals surface area contributed by atoms with Crippen molar-refractivity contribution < 1.29 is 4.74 Å². The van der Waals surface area contributed by atoms with Crippen LogP contribution in [0.15, 0.2) is 4.47 Å². The van der Waals surface area contributed by atoms with Gasteiger partial charge in [0, 0.05) is 23.6 Å². The van der Waals surface area contributed by atoms with Crippen LogP contribution in [-0.4, -0.2) is 26.2 Å². The Morgan fingerprint density at radius 1 is 1.16 bits per heavy atom. The lowest BCUT2D eigenvalue weighted by atomic mass is 10.0. The fraction of sp³-hybridized carbons (Fsp3) is 0.600. The number of nitrogens with two attached hydrogens (primary N) is 1. The Kier molecular flexibility index (Phi) is 4.91. The molecular weight excluding hydrogens is 304 g/mol. The molecule has 1 aromatic carbocycles. The zero-order valence-electron chi connectivity index (χ0n) is 13.0. The molecule has 0 saturated carbocycles. The van der Waals surface area contributed by atoms with Crippen LogP contribution in [0.25, 0.3) is 0 Å². The minimum atomic E-state index is -0.253. The normalized spacial score (nSPS) is 11.6. The van der Waals surface area contributed by atoms with Crippen molar-refractivity contribution >= 4 is 21.6 Å². The molecule has 0 fully saturated rings. The van der Waals surface area contributed by atoms with Crippen LogP contribution in [0.4, 0.5) is 5.69 Å². The largest absolute Gasteiger partial charge is 0.494 e. The number of benzene rings is 1. The number of nitrogens with zero attached hydrogens (tertiary/aromatic N) is 1. The first kappa shape index (κ1) is 16.3. The Balaban J connectivity index is 3.41. The molecular formula is C15H25BrN2O. The summed E-state index contributed by atoms with van der Waals surface area (Å²) < 4.78 is 6.77. The summed E-state index contributed by atoms with van der Waals surface area (Å²) in [4.78, 5) is 2.17. The molecule has 0 aliphatic carbocycles. The second-order valence-electron chi connectivity index (χ2n) is 5.92. The molecule has 19 heavy (non-hydrogen) atoms. The average molecular weight is 329 g/mol. The molecule has 0 aromatic heterocycles. The highest BCUT2D eigenvalue weighted by molar-refractivity contribution is 9.10. The average Bonchev–Trinajstić information content (AvgIpc) is 2.28. The quantitative estimate of drug-likeness (QED) is 0.918. The molecule has 0 amide bonds. The Hall–Kier alpha value is -0.740. The highest BCUT2D eigenvalue weighted by atomic mass is 79.9. The van der Waals surface area contributed by atoms with Gasteiger partial charge in [-0.1, -0.05) is 15.9 Å². The smallest absolute Gasteiger partial charge is 0.145 e. The van der Waals surface area contributed by atoms with E-state index in [-0.39, 0.29) is 5.54 Å². The van der Waals surface area contributed by atoms with Crippen molar-refractivity contribution in [3.8, 4) is 5.75 Å². The Bertz CT molecular complexity index is 478. The van der Waals surface area contributed by atoms with E-state index in [4.69, 9.17) is 10.5 Å². The van der Waals surface area contributed by atoms with Crippen molar-refractivity contribution in [2.24, 2.45) is 5.73 Å². The van der Waals surface area contributed by atoms with Crippen molar-refractivity contribution in [1.82, 2.24) is 0 Å². The Morgan fingerprint density at radius 3 is 2.11 bits per heavy atom. The third kappa shape index (κ3) is 3.42. The summed E-state index contributed by atoms with van der Waals surface area (Å²) in [5.41, 5.74) is 10.6. The van der Waals surface area contributed by atoms with Crippen molar-refractivity contribution in [3.63, 3.8) is 0 Å². The van der Waals surface area contributed by atoms with Gasteiger partial charge in [-0.25, -0.2) is 0 Å². The summed E-state index contributed by atoms with van der Waals surface area (Å²) in [7, 11) is 3.78. The minimum Gasteiger partial charge on any atom is -0.494 e. The molecule has 3 nitrogen and oxygen atoms in total. The highest BCUT2D eigenvalue weighted by Crippen LogP contribution is 2.41. The maximum atomic E-state index is 6.13. The number of methoxy groups -OCH3 is 1. The molecule has 0 radical (unpaired) electrons. The predicted molar refractivity (Wildman–Crippen MR) is 86.4 cm³/mol. The van der Waals surface area contributed by atoms with Crippen LogP contribution in [0.3, 0.4) is 0 Å². The molecule has 0 heterocycles. The van der Waals surface area contributed by atoms with E-state index in [0.717, 1.165) is 28.0 Å². The van der Waals surface area contributed by atoms with Gasteiger partial charge in [0.05, 0.1) is 12.8 Å². The molecule has 0 aliphatic rings. The van der Waals surface area contributed by atoms with Crippen LogP contribution in [0.5, 0.6) is 5.75 Å². The summed E-state index contributed by atoms with van der Waals surface area (Å²) in [6.45, 7) is 11.1. The van der Waals surface area contributed by atoms with Gasteiger partial charge in [-0.15, -0.1) is 0 Å². The molecule has 4 heteroatoms. The summed E-state index contributed by atoms with van der Waals surface area (Å²) in [5.74, 6) is 0.935. The number of hydrogen-bond donors (Lipinski definition) is 1. The van der Waals surface area contributed by atoms with Crippen LogP contribution in [0.1, 0.15) is 30.5 Å². The topological polar surface area (TPSA) is 38.5 Å². The first-order valence-corrected chi connectivity index (χ1v) is 7.22. The fourth-order valence-corrected chi connectivity index (χ4v) is 2.95. The zero-order valence-corrected chi connectivity index (χ0v) is 14.6. The van der Waals surface area contributed by atoms with E-state index < -0.39 is 0 Å². The summed E-state index contributed by atoms with van der Waals surface area (Å²) in [5, 5.41) is 0. The molecule has 108 valence electrons. The van der Waals surface area contributed by atoms with Gasteiger partial charge >= 0.3 is 0 Å². The van der Waals surface area contributed by atoms with Crippen LogP contribution in [0.2, 0.25) is 0 Å². The van der Waals surface area contributed by atoms with Crippen molar-refractivity contribution in [1.29, 1.82) is 0 Å². The number of likely N-dealkylation sites (N-methyl/N-ethyl adjacent to an activating group) is 1. The van der Waals surface area contributed by atoms with E-state index in [9.17, 15) is 0 Å². The number of hydrogen-bond acceptors (Lipinski definition) is 3. The first-order valence-electron chi connectivity index (χ1n) is 6.43. The Labute approximate surface area is 125 Å². The van der Waals surface area contributed by atoms with Gasteiger partial charge < -0.3 is 15.4 Å². The number of rotatable bonds is 4. The number of halogens is 1. The Morgan fingerprint density at radius 2 is 1.68 bits per heavy atom. The monoisotopic (exact) mass is 328 g/mol. The third-order valence-corrected chi connectivity index (χ3v) is 4.55. The summed E-state index contributed by atoms with van der Waals surface area (Å²) in [6, 6.07) is 0. The lowest BCUT2D eigenvalue weighted by molar-refractivity contribution is 0.409. The lowest BCUT2D eigenvalue weighted by Crippen LogP contribution is -2.44. The lowest BCUT2D eigenvalue weighted by Gasteiger charge is -2.32. The predicted octanol–water partition coefficient (Wildman–Crippen LogP) is 3.56. The maximum absolute atomic E-state index is 6.13. The first-order chi connectivity index (χ1) is 8.60. The molecule has 0 spiro atoms. The van der Waals surface area contributed by atoms with Crippen LogP contribution in [0, 0.1) is 20.8 Å². The molecule has 2 N–H and O–H groups in total. The van der Waals surface area contributed by atoms with E-state index in [2.05, 4.69) is 48.6 Å². The molecule has 0 aliphatic heterocycles. The SMILES string of the molecule is COc1c(C)c(C)c(Br)c(C)c1N(C)CC(C)(C)N. The number of ether oxygens (including phenoxy) is 1. The molecule has 1 rings (SSSR count). The van der Waals surface area contributed by atoms with Crippen LogP contribution in [-0.2, 0) is 0 Å². The van der Waals surface area contributed by atoms with Crippen molar-refractivity contribution in [2.45, 2.75) is 40.2 Å². The van der Waals surface area contributed by atoms with Crippen LogP contribution >= 0.6 is 15.9 Å². The van der Waals surface area contributed by atoms with Crippen molar-refractivity contribution in [2.75, 3.05) is 25.6 Å². The van der Waals surface area contributed by atoms with Crippen LogP contribution < -0.4 is 15.4 Å². The van der Waals surface area contributed by atoms with E-state index in [1.807, 2.05) is 13.8 Å². The van der Waals surface area contributed by atoms with Gasteiger partial charge in [-0.3, -0.25) is 0 Å². The van der Waals surface area contributed by atoms with E-state index >= 15 is 0 Å². The van der Waals surface area contributed by atoms with Gasteiger partial charge in [0.25, 0.3) is 0 Å². The molecule has 0 atom stereocenters. The highest BCUT2D eigenvalue weighted by Gasteiger charge is 2.22. The minimum absolute atomic E-state index is 0.253. The molecule has 1 aromatic rings. The fourth-order valence-electron chi connectivity index (χ4n) is 2.47. The second-order valence-corrected chi connectivity index (χ2v) is 6.71. The van der Waals surface area contributed by atoms with Gasteiger partial charge in [-0.05, 0) is 51.3 Å². The maximum Gasteiger partial charge on any atom is 0.145 e. The van der Waals surface area contributed by atoms with E-state index in [1.165, 1.54) is 11.1 Å². The second kappa shape index (κ2) is 5.71.